The molecule has 1 amide bonds. The number of hydrogen-bond acceptors (Lipinski definition) is 6. The Labute approximate surface area is 201 Å². The second kappa shape index (κ2) is 9.49. The zero-order valence-corrected chi connectivity index (χ0v) is 19.5. The van der Waals surface area contributed by atoms with Gasteiger partial charge in [-0.2, -0.15) is 0 Å². The van der Waals surface area contributed by atoms with Gasteiger partial charge in [-0.05, 0) is 60.7 Å². The summed E-state index contributed by atoms with van der Waals surface area (Å²) in [6.07, 6.45) is 0. The van der Waals surface area contributed by atoms with Crippen LogP contribution in [0.3, 0.4) is 0 Å². The van der Waals surface area contributed by atoms with Crippen molar-refractivity contribution in [2.75, 3.05) is 26.2 Å². The first-order valence-corrected chi connectivity index (χ1v) is 10.7. The zero-order chi connectivity index (χ0) is 24.4. The van der Waals surface area contributed by atoms with Crippen LogP contribution in [0.15, 0.2) is 72.3 Å². The molecule has 1 atom stereocenters. The third-order valence-electron chi connectivity index (χ3n) is 5.65. The number of carbonyl (C=O) groups excluding carboxylic acids is 2. The highest BCUT2D eigenvalue weighted by Crippen LogP contribution is 2.45. The van der Waals surface area contributed by atoms with Crippen molar-refractivity contribution in [2.24, 2.45) is 0 Å². The van der Waals surface area contributed by atoms with E-state index in [1.165, 1.54) is 26.2 Å². The van der Waals surface area contributed by atoms with Crippen molar-refractivity contribution in [1.29, 1.82) is 0 Å². The van der Waals surface area contributed by atoms with Gasteiger partial charge in [-0.3, -0.25) is 14.5 Å². The summed E-state index contributed by atoms with van der Waals surface area (Å²) in [4.78, 5) is 27.9. The highest BCUT2D eigenvalue weighted by molar-refractivity contribution is 6.51. The van der Waals surface area contributed by atoms with Crippen molar-refractivity contribution >= 4 is 34.7 Å². The van der Waals surface area contributed by atoms with Crippen LogP contribution in [0.1, 0.15) is 17.2 Å². The summed E-state index contributed by atoms with van der Waals surface area (Å²) in [7, 11) is 4.55. The molecule has 0 saturated carbocycles. The topological polar surface area (TPSA) is 85.3 Å². The number of halogens is 1. The van der Waals surface area contributed by atoms with Gasteiger partial charge in [0.05, 0.1) is 32.9 Å². The second-order valence-corrected chi connectivity index (χ2v) is 7.92. The predicted octanol–water partition coefficient (Wildman–Crippen LogP) is 4.99. The van der Waals surface area contributed by atoms with Crippen LogP contribution < -0.4 is 19.1 Å². The van der Waals surface area contributed by atoms with Crippen LogP contribution in [0.25, 0.3) is 5.76 Å². The number of nitrogens with zero attached hydrogens (tertiary/aromatic N) is 1. The molecule has 0 bridgehead atoms. The normalized spacial score (nSPS) is 17.1. The number of methoxy groups -OCH3 is 3. The highest BCUT2D eigenvalue weighted by Gasteiger charge is 2.48. The summed E-state index contributed by atoms with van der Waals surface area (Å²) in [6, 6.07) is 17.2. The Balaban J connectivity index is 1.96. The number of aliphatic hydroxyl groups is 1. The Bertz CT molecular complexity index is 1270. The molecule has 4 rings (SSSR count). The van der Waals surface area contributed by atoms with Crippen molar-refractivity contribution in [3.63, 3.8) is 0 Å². The van der Waals surface area contributed by atoms with Crippen LogP contribution in [0.2, 0.25) is 5.02 Å². The quantitative estimate of drug-likeness (QED) is 0.304. The Hall–Kier alpha value is -3.97. The highest BCUT2D eigenvalue weighted by atomic mass is 35.5. The van der Waals surface area contributed by atoms with Gasteiger partial charge in [0.15, 0.2) is 0 Å². The van der Waals surface area contributed by atoms with Crippen LogP contribution >= 0.6 is 11.6 Å². The van der Waals surface area contributed by atoms with E-state index in [2.05, 4.69) is 0 Å². The summed E-state index contributed by atoms with van der Waals surface area (Å²) in [6.45, 7) is 0. The Kier molecular flexibility index (Phi) is 6.47. The predicted molar refractivity (Wildman–Crippen MR) is 129 cm³/mol. The first-order valence-electron chi connectivity index (χ1n) is 10.3. The van der Waals surface area contributed by atoms with Gasteiger partial charge in [-0.15, -0.1) is 0 Å². The van der Waals surface area contributed by atoms with Gasteiger partial charge < -0.3 is 19.3 Å². The van der Waals surface area contributed by atoms with Crippen LogP contribution in [-0.4, -0.2) is 38.1 Å². The molecule has 1 aliphatic rings. The fourth-order valence-electron chi connectivity index (χ4n) is 3.94. The van der Waals surface area contributed by atoms with E-state index in [-0.39, 0.29) is 11.3 Å². The minimum Gasteiger partial charge on any atom is -0.507 e. The van der Waals surface area contributed by atoms with E-state index in [4.69, 9.17) is 25.8 Å². The van der Waals surface area contributed by atoms with Crippen molar-refractivity contribution in [3.05, 3.63) is 88.5 Å². The number of ether oxygens (including phenoxy) is 3. The number of anilines is 1. The van der Waals surface area contributed by atoms with Crippen molar-refractivity contribution in [2.45, 2.75) is 6.04 Å². The molecule has 0 radical (unpaired) electrons. The van der Waals surface area contributed by atoms with Gasteiger partial charge in [0.1, 0.15) is 23.0 Å². The van der Waals surface area contributed by atoms with Crippen molar-refractivity contribution < 1.29 is 28.9 Å². The molecule has 174 valence electrons. The lowest BCUT2D eigenvalue weighted by Crippen LogP contribution is -2.29. The molecule has 0 aromatic heterocycles. The molecule has 1 unspecified atom stereocenters. The van der Waals surface area contributed by atoms with E-state index in [1.807, 2.05) is 0 Å². The summed E-state index contributed by atoms with van der Waals surface area (Å²) in [5.41, 5.74) is 1.26. The van der Waals surface area contributed by atoms with E-state index in [9.17, 15) is 14.7 Å². The van der Waals surface area contributed by atoms with E-state index >= 15 is 0 Å². The summed E-state index contributed by atoms with van der Waals surface area (Å²) < 4.78 is 16.1. The van der Waals surface area contributed by atoms with Crippen LogP contribution in [0.4, 0.5) is 5.69 Å². The maximum Gasteiger partial charge on any atom is 0.300 e. The molecule has 0 spiro atoms. The number of hydrogen-bond donors (Lipinski definition) is 1. The van der Waals surface area contributed by atoms with E-state index in [1.54, 1.807) is 66.7 Å². The average Bonchev–Trinajstić information content (AvgIpc) is 3.13. The molecule has 1 N–H and O–H groups in total. The fraction of sp³-hybridized carbons (Fsp3) is 0.154. The minimum atomic E-state index is -0.954. The average molecular weight is 480 g/mol. The molecule has 1 aliphatic heterocycles. The second-order valence-electron chi connectivity index (χ2n) is 7.48. The molecule has 1 heterocycles. The lowest BCUT2D eigenvalue weighted by molar-refractivity contribution is -0.132. The minimum absolute atomic E-state index is 0.0633. The Morgan fingerprint density at radius 2 is 1.47 bits per heavy atom. The fourth-order valence-corrected chi connectivity index (χ4v) is 4.07. The first kappa shape index (κ1) is 23.2. The monoisotopic (exact) mass is 479 g/mol. The molecular weight excluding hydrogens is 458 g/mol. The molecular formula is C26H22ClNO6. The van der Waals surface area contributed by atoms with Gasteiger partial charge in [0.25, 0.3) is 11.7 Å². The maximum atomic E-state index is 13.3. The first-order chi connectivity index (χ1) is 16.4. The van der Waals surface area contributed by atoms with Gasteiger partial charge in [0.2, 0.25) is 0 Å². The molecule has 7 nitrogen and oxygen atoms in total. The van der Waals surface area contributed by atoms with Gasteiger partial charge >= 0.3 is 0 Å². The van der Waals surface area contributed by atoms with E-state index in [0.717, 1.165) is 0 Å². The number of carbonyl (C=O) groups is 2. The third kappa shape index (κ3) is 4.06. The third-order valence-corrected chi connectivity index (χ3v) is 5.90. The molecule has 1 fully saturated rings. The van der Waals surface area contributed by atoms with Crippen LogP contribution in [-0.2, 0) is 9.59 Å². The molecule has 0 aliphatic carbocycles. The molecule has 1 saturated heterocycles. The maximum absolute atomic E-state index is 13.3. The van der Waals surface area contributed by atoms with Gasteiger partial charge in [-0.25, -0.2) is 0 Å². The Morgan fingerprint density at radius 1 is 0.853 bits per heavy atom. The SMILES string of the molecule is COc1ccc(N2C(=O)C(=O)C(=C(O)c3ccc(Cl)cc3)C2c2ccc(OC)cc2OC)cc1. The lowest BCUT2D eigenvalue weighted by atomic mass is 9.94. The van der Waals surface area contributed by atoms with Crippen molar-refractivity contribution in [1.82, 2.24) is 0 Å². The van der Waals surface area contributed by atoms with Gasteiger partial charge in [-0.1, -0.05) is 11.6 Å². The summed E-state index contributed by atoms with van der Waals surface area (Å²) in [5.74, 6) is -0.366. The number of benzene rings is 3. The van der Waals surface area contributed by atoms with E-state index < -0.39 is 17.7 Å². The summed E-state index contributed by atoms with van der Waals surface area (Å²) in [5, 5.41) is 11.7. The molecule has 8 heteroatoms. The molecule has 3 aromatic rings. The van der Waals surface area contributed by atoms with Crippen molar-refractivity contribution in [3.8, 4) is 17.2 Å². The Morgan fingerprint density at radius 3 is 2.06 bits per heavy atom. The van der Waals surface area contributed by atoms with Crippen LogP contribution in [0.5, 0.6) is 17.2 Å². The summed E-state index contributed by atoms with van der Waals surface area (Å²) >= 11 is 5.98. The van der Waals surface area contributed by atoms with Gasteiger partial charge in [0, 0.05) is 27.9 Å². The number of ketones is 1. The molecule has 34 heavy (non-hydrogen) atoms. The standard InChI is InChI=1S/C26H22ClNO6/c1-32-18-10-8-17(9-11-18)28-23(20-13-12-19(33-2)14-21(20)34-3)22(25(30)26(28)31)24(29)15-4-6-16(27)7-5-15/h4-14,23,29H,1-3H3. The number of aliphatic hydroxyl groups excluding tert-OH is 1. The zero-order valence-electron chi connectivity index (χ0n) is 18.7. The number of amides is 1. The largest absolute Gasteiger partial charge is 0.507 e. The smallest absolute Gasteiger partial charge is 0.300 e. The number of rotatable bonds is 6. The lowest BCUT2D eigenvalue weighted by Gasteiger charge is -2.27. The van der Waals surface area contributed by atoms with Crippen LogP contribution in [0, 0.1) is 0 Å². The number of Topliss-reactive ketones (excluding diaryl/α,β-unsaturated/α-hetero) is 1. The molecule has 3 aromatic carbocycles. The van der Waals surface area contributed by atoms with E-state index in [0.29, 0.717) is 39.1 Å².